The number of hydrogen-bond acceptors (Lipinski definition) is 14. The van der Waals surface area contributed by atoms with Crippen LogP contribution in [0.2, 0.25) is 0 Å². The molecule has 6 N–H and O–H groups in total. The fourth-order valence-corrected chi connectivity index (χ4v) is 8.43. The summed E-state index contributed by atoms with van der Waals surface area (Å²) in [5.41, 5.74) is 13.9. The maximum atomic E-state index is 10.5. The van der Waals surface area contributed by atoms with Crippen LogP contribution in [0.15, 0.2) is 117 Å². The van der Waals surface area contributed by atoms with E-state index in [9.17, 15) is 9.59 Å². The SMILES string of the molecule is CSc1ccc(-c2nnc(N)s2)cc1.CSc1ccc(C(=O)O)cc1.Nc1nnc(-c2ccc(SC3CC3)cc2)s1.O=C(O)c1ccc(SC2CC2)cc1. The molecule has 0 amide bonds. The van der Waals surface area contributed by atoms with Crippen LogP contribution in [0.5, 0.6) is 0 Å². The van der Waals surface area contributed by atoms with Gasteiger partial charge in [0.1, 0.15) is 10.0 Å². The summed E-state index contributed by atoms with van der Waals surface area (Å²) in [4.78, 5) is 25.8. The summed E-state index contributed by atoms with van der Waals surface area (Å²) in [6.07, 6.45) is 9.32. The number of nitrogens with two attached hydrogens (primary N) is 2. The average molecular weight is 835 g/mol. The van der Waals surface area contributed by atoms with Gasteiger partial charge in [0.25, 0.3) is 0 Å². The molecule has 2 aliphatic rings. The fraction of sp³-hybridized carbons (Fsp3) is 0.211. The van der Waals surface area contributed by atoms with Crippen molar-refractivity contribution in [3.05, 3.63) is 108 Å². The molecule has 0 aliphatic heterocycles. The lowest BCUT2D eigenvalue weighted by Crippen LogP contribution is -1.94. The highest BCUT2D eigenvalue weighted by Gasteiger charge is 2.23. The lowest BCUT2D eigenvalue weighted by atomic mass is 10.2. The van der Waals surface area contributed by atoms with Crippen LogP contribution in [0.4, 0.5) is 10.3 Å². The number of hydrogen-bond donors (Lipinski definition) is 4. The monoisotopic (exact) mass is 834 g/mol. The van der Waals surface area contributed by atoms with Crippen molar-refractivity contribution in [3.8, 4) is 21.1 Å². The quantitative estimate of drug-likeness (QED) is 0.0958. The predicted molar refractivity (Wildman–Crippen MR) is 228 cm³/mol. The van der Waals surface area contributed by atoms with Crippen molar-refractivity contribution in [2.45, 2.75) is 55.8 Å². The molecule has 10 nitrogen and oxygen atoms in total. The zero-order chi connectivity index (χ0) is 38.5. The van der Waals surface area contributed by atoms with E-state index >= 15 is 0 Å². The smallest absolute Gasteiger partial charge is 0.335 e. The van der Waals surface area contributed by atoms with E-state index in [-0.39, 0.29) is 0 Å². The van der Waals surface area contributed by atoms with Gasteiger partial charge in [-0.1, -0.05) is 46.9 Å². The van der Waals surface area contributed by atoms with Gasteiger partial charge in [0.05, 0.1) is 11.1 Å². The lowest BCUT2D eigenvalue weighted by Gasteiger charge is -2.00. The molecule has 8 rings (SSSR count). The number of aromatic carboxylic acids is 2. The molecule has 0 radical (unpaired) electrons. The van der Waals surface area contributed by atoms with Gasteiger partial charge in [-0.3, -0.25) is 0 Å². The minimum Gasteiger partial charge on any atom is -0.478 e. The van der Waals surface area contributed by atoms with Crippen LogP contribution < -0.4 is 11.5 Å². The molecule has 0 saturated heterocycles. The number of carboxylic acid groups (broad SMARTS) is 2. The summed E-state index contributed by atoms with van der Waals surface area (Å²) < 4.78 is 0. The van der Waals surface area contributed by atoms with Crippen LogP contribution in [0, 0.1) is 0 Å². The van der Waals surface area contributed by atoms with Crippen molar-refractivity contribution in [2.24, 2.45) is 0 Å². The molecular weight excluding hydrogens is 797 g/mol. The third-order valence-electron chi connectivity index (χ3n) is 7.41. The molecule has 2 fully saturated rings. The molecular formula is C38H38N6O4S6. The number of thioether (sulfide) groups is 4. The van der Waals surface area contributed by atoms with Gasteiger partial charge >= 0.3 is 11.9 Å². The highest BCUT2D eigenvalue weighted by atomic mass is 32.2. The Kier molecular flexibility index (Phi) is 15.7. The van der Waals surface area contributed by atoms with E-state index < -0.39 is 11.9 Å². The van der Waals surface area contributed by atoms with Gasteiger partial charge in [0.15, 0.2) is 0 Å². The second-order valence-corrected chi connectivity index (χ2v) is 18.2. The van der Waals surface area contributed by atoms with Gasteiger partial charge in [0.2, 0.25) is 10.3 Å². The standard InChI is InChI=1S/C11H11N3S2.C10H10O2S.C9H9N3S2.C8H8O2S/c12-11-14-13-10(16-11)7-1-3-8(4-2-7)15-9-5-6-9;11-10(12)7-1-3-8(4-2-7)13-9-5-6-9;1-13-7-4-2-6(3-5-7)8-11-12-9(10)14-8;1-11-7-4-2-6(3-5-7)8(9)10/h1-4,9H,5-6H2,(H2,12,14);1-4,9H,5-6H2,(H,11,12);2-5H,1H3,(H2,10,12);2-5H,1H3,(H,9,10). The Bertz CT molecular complexity index is 2090. The van der Waals surface area contributed by atoms with Gasteiger partial charge < -0.3 is 21.7 Å². The first-order valence-corrected chi connectivity index (χ1v) is 22.4. The van der Waals surface area contributed by atoms with E-state index in [0.717, 1.165) is 36.5 Å². The predicted octanol–water partition coefficient (Wildman–Crippen LogP) is 10.3. The molecule has 54 heavy (non-hydrogen) atoms. The summed E-state index contributed by atoms with van der Waals surface area (Å²) in [5.74, 6) is -1.74. The number of carbonyl (C=O) groups is 2. The molecule has 2 saturated carbocycles. The first kappa shape index (κ1) is 41.1. The molecule has 2 aromatic heterocycles. The van der Waals surface area contributed by atoms with Crippen LogP contribution in [-0.4, -0.2) is 65.6 Å². The second kappa shape index (κ2) is 20.6. The Balaban J connectivity index is 0.000000140. The maximum Gasteiger partial charge on any atom is 0.335 e. The summed E-state index contributed by atoms with van der Waals surface area (Å²) in [6, 6.07) is 30.6. The Hall–Kier alpha value is -4.06. The molecule has 2 aliphatic carbocycles. The molecule has 0 bridgehead atoms. The zero-order valence-corrected chi connectivity index (χ0v) is 34.2. The molecule has 0 atom stereocenters. The molecule has 280 valence electrons. The average Bonchev–Trinajstić information content (AvgIpc) is 4.11. The zero-order valence-electron chi connectivity index (χ0n) is 29.3. The first-order chi connectivity index (χ1) is 26.1. The minimum atomic E-state index is -0.877. The summed E-state index contributed by atoms with van der Waals surface area (Å²) in [7, 11) is 0. The van der Waals surface area contributed by atoms with E-state index in [4.69, 9.17) is 21.7 Å². The van der Waals surface area contributed by atoms with Crippen LogP contribution >= 0.6 is 69.7 Å². The highest BCUT2D eigenvalue weighted by molar-refractivity contribution is 8.00. The highest BCUT2D eigenvalue weighted by Crippen LogP contribution is 2.40. The van der Waals surface area contributed by atoms with Crippen molar-refractivity contribution in [1.29, 1.82) is 0 Å². The second-order valence-electron chi connectivity index (χ2n) is 11.6. The number of carboxylic acids is 2. The van der Waals surface area contributed by atoms with E-state index in [1.807, 2.05) is 54.0 Å². The third kappa shape index (κ3) is 13.7. The lowest BCUT2D eigenvalue weighted by molar-refractivity contribution is 0.0686. The van der Waals surface area contributed by atoms with Crippen LogP contribution in [0.25, 0.3) is 21.1 Å². The maximum absolute atomic E-state index is 10.5. The summed E-state index contributed by atoms with van der Waals surface area (Å²) in [5, 5.41) is 37.2. The van der Waals surface area contributed by atoms with Crippen molar-refractivity contribution in [2.75, 3.05) is 24.0 Å². The Morgan fingerprint density at radius 3 is 1.13 bits per heavy atom. The van der Waals surface area contributed by atoms with Crippen molar-refractivity contribution < 1.29 is 19.8 Å². The van der Waals surface area contributed by atoms with Crippen LogP contribution in [-0.2, 0) is 0 Å². The van der Waals surface area contributed by atoms with Crippen molar-refractivity contribution in [3.63, 3.8) is 0 Å². The summed E-state index contributed by atoms with van der Waals surface area (Å²) >= 11 is 9.94. The Morgan fingerprint density at radius 1 is 0.537 bits per heavy atom. The number of nitrogen functional groups attached to an aromatic ring is 2. The van der Waals surface area contributed by atoms with Crippen LogP contribution in [0.3, 0.4) is 0 Å². The van der Waals surface area contributed by atoms with E-state index in [0.29, 0.717) is 21.4 Å². The van der Waals surface area contributed by atoms with Gasteiger partial charge in [-0.05, 0) is 111 Å². The van der Waals surface area contributed by atoms with Gasteiger partial charge in [-0.2, -0.15) is 0 Å². The minimum absolute atomic E-state index is 0.336. The number of benzene rings is 4. The molecule has 0 spiro atoms. The molecule has 4 aromatic carbocycles. The fourth-order valence-electron chi connectivity index (χ4n) is 4.28. The van der Waals surface area contributed by atoms with E-state index in [1.54, 1.807) is 59.9 Å². The number of nitrogens with zero attached hydrogens (tertiary/aromatic N) is 4. The van der Waals surface area contributed by atoms with Crippen molar-refractivity contribution >= 4 is 91.9 Å². The van der Waals surface area contributed by atoms with Gasteiger partial charge in [0, 0.05) is 41.2 Å². The van der Waals surface area contributed by atoms with Crippen molar-refractivity contribution in [1.82, 2.24) is 20.4 Å². The molecule has 16 heteroatoms. The van der Waals surface area contributed by atoms with Gasteiger partial charge in [-0.25, -0.2) is 9.59 Å². The molecule has 6 aromatic rings. The van der Waals surface area contributed by atoms with E-state index in [1.165, 1.54) is 63.0 Å². The largest absolute Gasteiger partial charge is 0.478 e. The number of aromatic nitrogens is 4. The van der Waals surface area contributed by atoms with Gasteiger partial charge in [-0.15, -0.1) is 67.4 Å². The topological polar surface area (TPSA) is 178 Å². The number of rotatable bonds is 10. The summed E-state index contributed by atoms with van der Waals surface area (Å²) in [6.45, 7) is 0. The normalized spacial score (nSPS) is 12.9. The third-order valence-corrected chi connectivity index (χ3v) is 13.2. The number of anilines is 2. The Morgan fingerprint density at radius 2 is 0.852 bits per heavy atom. The first-order valence-electron chi connectivity index (χ1n) is 16.6. The van der Waals surface area contributed by atoms with E-state index in [2.05, 4.69) is 63.0 Å². The molecule has 0 unspecified atom stereocenters. The Labute approximate surface area is 339 Å². The molecule has 2 heterocycles. The van der Waals surface area contributed by atoms with Crippen LogP contribution in [0.1, 0.15) is 46.4 Å².